The summed E-state index contributed by atoms with van der Waals surface area (Å²) in [4.78, 5) is 0. The summed E-state index contributed by atoms with van der Waals surface area (Å²) >= 11 is 0. The van der Waals surface area contributed by atoms with E-state index in [1.807, 2.05) is 49.4 Å². The Labute approximate surface area is 125 Å². The summed E-state index contributed by atoms with van der Waals surface area (Å²) in [6.45, 7) is 1.99. The molecule has 0 spiro atoms. The van der Waals surface area contributed by atoms with Crippen LogP contribution in [0.15, 0.2) is 42.5 Å². The van der Waals surface area contributed by atoms with Gasteiger partial charge in [0.15, 0.2) is 0 Å². The van der Waals surface area contributed by atoms with Gasteiger partial charge in [-0.1, -0.05) is 24.3 Å². The Hall–Kier alpha value is -2.00. The summed E-state index contributed by atoms with van der Waals surface area (Å²) in [5.74, 6) is 1.66. The van der Waals surface area contributed by atoms with E-state index in [2.05, 4.69) is 0 Å². The van der Waals surface area contributed by atoms with Crippen molar-refractivity contribution in [1.29, 1.82) is 0 Å². The van der Waals surface area contributed by atoms with Crippen LogP contribution in [0.3, 0.4) is 0 Å². The van der Waals surface area contributed by atoms with Gasteiger partial charge in [0.25, 0.3) is 0 Å². The van der Waals surface area contributed by atoms with Crippen molar-refractivity contribution in [1.82, 2.24) is 0 Å². The molecule has 0 radical (unpaired) electrons. The van der Waals surface area contributed by atoms with Crippen LogP contribution in [0.4, 0.5) is 0 Å². The maximum absolute atomic E-state index is 10.5. The van der Waals surface area contributed by atoms with Crippen LogP contribution >= 0.6 is 0 Å². The Morgan fingerprint density at radius 2 is 1.71 bits per heavy atom. The quantitative estimate of drug-likeness (QED) is 0.911. The van der Waals surface area contributed by atoms with E-state index in [1.54, 1.807) is 7.11 Å². The molecule has 1 unspecified atom stereocenters. The van der Waals surface area contributed by atoms with Crippen LogP contribution in [0.2, 0.25) is 0 Å². The number of ether oxygens (including phenoxy) is 2. The molecular weight excluding hydrogens is 264 g/mol. The van der Waals surface area contributed by atoms with E-state index in [9.17, 15) is 5.11 Å². The van der Waals surface area contributed by atoms with Crippen LogP contribution in [0, 0.1) is 6.92 Å². The summed E-state index contributed by atoms with van der Waals surface area (Å²) < 4.78 is 11.0. The number of hydrogen-bond acceptors (Lipinski definition) is 3. The van der Waals surface area contributed by atoms with E-state index in [4.69, 9.17) is 9.47 Å². The van der Waals surface area contributed by atoms with Gasteiger partial charge in [-0.15, -0.1) is 0 Å². The van der Waals surface area contributed by atoms with Crippen molar-refractivity contribution in [2.24, 2.45) is 0 Å². The molecule has 0 amide bonds. The van der Waals surface area contributed by atoms with E-state index in [0.29, 0.717) is 6.10 Å². The SMILES string of the molecule is COc1cc(C(O)c2ccc(OC3CC3)cc2)ccc1C. The van der Waals surface area contributed by atoms with Crippen molar-refractivity contribution in [2.75, 3.05) is 7.11 Å². The van der Waals surface area contributed by atoms with Gasteiger partial charge >= 0.3 is 0 Å². The lowest BCUT2D eigenvalue weighted by molar-refractivity contribution is 0.219. The van der Waals surface area contributed by atoms with Gasteiger partial charge in [0.05, 0.1) is 13.2 Å². The molecule has 1 saturated carbocycles. The second kappa shape index (κ2) is 5.78. The molecule has 3 rings (SSSR count). The van der Waals surface area contributed by atoms with Crippen LogP contribution in [0.5, 0.6) is 11.5 Å². The van der Waals surface area contributed by atoms with Crippen molar-refractivity contribution in [3.63, 3.8) is 0 Å². The van der Waals surface area contributed by atoms with Crippen molar-refractivity contribution in [2.45, 2.75) is 32.0 Å². The number of aliphatic hydroxyl groups excluding tert-OH is 1. The smallest absolute Gasteiger partial charge is 0.122 e. The predicted molar refractivity (Wildman–Crippen MR) is 81.9 cm³/mol. The molecule has 0 saturated heterocycles. The maximum Gasteiger partial charge on any atom is 0.122 e. The molecule has 1 aliphatic rings. The first-order chi connectivity index (χ1) is 10.2. The molecular formula is C18H20O3. The third-order valence-electron chi connectivity index (χ3n) is 3.77. The lowest BCUT2D eigenvalue weighted by atomic mass is 10.00. The zero-order valence-electron chi connectivity index (χ0n) is 12.4. The second-order valence-corrected chi connectivity index (χ2v) is 5.52. The number of rotatable bonds is 5. The molecule has 0 heterocycles. The average molecular weight is 284 g/mol. The van der Waals surface area contributed by atoms with Crippen molar-refractivity contribution >= 4 is 0 Å². The van der Waals surface area contributed by atoms with E-state index in [1.165, 1.54) is 0 Å². The highest BCUT2D eigenvalue weighted by Gasteiger charge is 2.23. The second-order valence-electron chi connectivity index (χ2n) is 5.52. The monoisotopic (exact) mass is 284 g/mol. The predicted octanol–water partition coefficient (Wildman–Crippen LogP) is 3.63. The minimum atomic E-state index is -0.658. The fourth-order valence-electron chi connectivity index (χ4n) is 2.31. The Morgan fingerprint density at radius 1 is 1.05 bits per heavy atom. The molecule has 21 heavy (non-hydrogen) atoms. The molecule has 110 valence electrons. The summed E-state index contributed by atoms with van der Waals surface area (Å²) in [5, 5.41) is 10.5. The van der Waals surface area contributed by atoms with Gasteiger partial charge in [0.1, 0.15) is 17.6 Å². The molecule has 0 bridgehead atoms. The molecule has 2 aromatic carbocycles. The first-order valence-electron chi connectivity index (χ1n) is 7.26. The third kappa shape index (κ3) is 3.19. The molecule has 1 atom stereocenters. The maximum atomic E-state index is 10.5. The van der Waals surface area contributed by atoms with Crippen molar-refractivity contribution < 1.29 is 14.6 Å². The largest absolute Gasteiger partial charge is 0.496 e. The Bertz CT molecular complexity index is 615. The van der Waals surface area contributed by atoms with Crippen molar-refractivity contribution in [3.05, 3.63) is 59.2 Å². The zero-order valence-corrected chi connectivity index (χ0v) is 12.4. The number of aryl methyl sites for hydroxylation is 1. The standard InChI is InChI=1S/C18H20O3/c1-12-3-4-14(11-17(12)20-2)18(19)13-5-7-15(8-6-13)21-16-9-10-16/h3-8,11,16,18-19H,9-10H2,1-2H3. The van der Waals surface area contributed by atoms with Gasteiger partial charge in [-0.3, -0.25) is 0 Å². The molecule has 1 N–H and O–H groups in total. The Kier molecular flexibility index (Phi) is 3.84. The van der Waals surface area contributed by atoms with Gasteiger partial charge in [-0.25, -0.2) is 0 Å². The summed E-state index contributed by atoms with van der Waals surface area (Å²) in [6.07, 6.45) is 2.03. The van der Waals surface area contributed by atoms with Crippen LogP contribution in [0.25, 0.3) is 0 Å². The summed E-state index contributed by atoms with van der Waals surface area (Å²) in [5.41, 5.74) is 2.74. The zero-order chi connectivity index (χ0) is 14.8. The fraction of sp³-hybridized carbons (Fsp3) is 0.333. The first-order valence-corrected chi connectivity index (χ1v) is 7.26. The van der Waals surface area contributed by atoms with Gasteiger partial charge < -0.3 is 14.6 Å². The van der Waals surface area contributed by atoms with E-state index < -0.39 is 6.10 Å². The summed E-state index contributed by atoms with van der Waals surface area (Å²) in [6, 6.07) is 13.4. The highest BCUT2D eigenvalue weighted by molar-refractivity contribution is 5.41. The molecule has 1 fully saturated rings. The number of benzene rings is 2. The minimum absolute atomic E-state index is 0.391. The van der Waals surface area contributed by atoms with Crippen LogP contribution in [-0.4, -0.2) is 18.3 Å². The number of methoxy groups -OCH3 is 1. The highest BCUT2D eigenvalue weighted by Crippen LogP contribution is 2.30. The van der Waals surface area contributed by atoms with Gasteiger partial charge in [0.2, 0.25) is 0 Å². The number of hydrogen-bond donors (Lipinski definition) is 1. The summed E-state index contributed by atoms with van der Waals surface area (Å²) in [7, 11) is 1.64. The van der Waals surface area contributed by atoms with E-state index in [-0.39, 0.29) is 0 Å². The van der Waals surface area contributed by atoms with Gasteiger partial charge in [0, 0.05) is 0 Å². The molecule has 0 aliphatic heterocycles. The van der Waals surface area contributed by atoms with Crippen LogP contribution < -0.4 is 9.47 Å². The van der Waals surface area contributed by atoms with Crippen LogP contribution in [-0.2, 0) is 0 Å². The van der Waals surface area contributed by atoms with Crippen LogP contribution in [0.1, 0.15) is 35.6 Å². The average Bonchev–Trinajstić information content (AvgIpc) is 3.32. The van der Waals surface area contributed by atoms with Gasteiger partial charge in [-0.2, -0.15) is 0 Å². The van der Waals surface area contributed by atoms with E-state index >= 15 is 0 Å². The first kappa shape index (κ1) is 14.0. The lowest BCUT2D eigenvalue weighted by Crippen LogP contribution is -2.01. The highest BCUT2D eigenvalue weighted by atomic mass is 16.5. The third-order valence-corrected chi connectivity index (χ3v) is 3.77. The normalized spacial score (nSPS) is 15.6. The molecule has 2 aromatic rings. The minimum Gasteiger partial charge on any atom is -0.496 e. The fourth-order valence-corrected chi connectivity index (χ4v) is 2.31. The Balaban J connectivity index is 1.78. The van der Waals surface area contributed by atoms with E-state index in [0.717, 1.165) is 41.0 Å². The lowest BCUT2D eigenvalue weighted by Gasteiger charge is -2.14. The molecule has 3 nitrogen and oxygen atoms in total. The Morgan fingerprint density at radius 3 is 2.33 bits per heavy atom. The molecule has 1 aliphatic carbocycles. The number of aliphatic hydroxyl groups is 1. The molecule has 3 heteroatoms. The van der Waals surface area contributed by atoms with Crippen molar-refractivity contribution in [3.8, 4) is 11.5 Å². The van der Waals surface area contributed by atoms with Gasteiger partial charge in [-0.05, 0) is 54.7 Å². The topological polar surface area (TPSA) is 38.7 Å². The molecule has 0 aromatic heterocycles.